The van der Waals surface area contributed by atoms with Crippen LogP contribution >= 0.6 is 0 Å². The number of alkyl halides is 3. The number of carbonyl (C=O) groups excluding carboxylic acids is 6. The normalized spacial score (nSPS) is 14.8. The van der Waals surface area contributed by atoms with E-state index >= 15 is 0 Å². The molecule has 4 N–H and O–H groups in total. The molecule has 3 unspecified atom stereocenters. The molecule has 0 saturated carbocycles. The Morgan fingerprint density at radius 2 is 1.26 bits per heavy atom. The molecule has 34 heavy (non-hydrogen) atoms. The Morgan fingerprint density at radius 3 is 1.68 bits per heavy atom. The number of hydrogen-bond donors (Lipinski definition) is 4. The van der Waals surface area contributed by atoms with Gasteiger partial charge >= 0.3 is 6.18 Å². The minimum absolute atomic E-state index is 0.317. The summed E-state index contributed by atoms with van der Waals surface area (Å²) in [6.07, 6.45) is -5.80. The SMILES string of the molecule is CC(=O)NC(C(=O)N[C@@H](C)C(=O)NC(CC(=O)N(C)C)C(=O)NC(C)C(=O)C(F)(F)F)C(C)C. The maximum Gasteiger partial charge on any atom is 0.452 e. The third-order valence-electron chi connectivity index (χ3n) is 4.60. The third kappa shape index (κ3) is 10.2. The second-order valence-electron chi connectivity index (χ2n) is 8.30. The maximum absolute atomic E-state index is 12.6. The van der Waals surface area contributed by atoms with Gasteiger partial charge in [0.25, 0.3) is 5.78 Å². The molecule has 14 heteroatoms. The molecule has 0 bridgehead atoms. The molecule has 0 aromatic heterocycles. The topological polar surface area (TPSA) is 154 Å². The number of rotatable bonds is 11. The first-order valence-corrected chi connectivity index (χ1v) is 10.4. The minimum atomic E-state index is -5.19. The number of Topliss-reactive ketones (excluding diaryl/α,β-unsaturated/α-hetero) is 1. The van der Waals surface area contributed by atoms with Gasteiger partial charge in [-0.3, -0.25) is 28.8 Å². The van der Waals surface area contributed by atoms with Crippen molar-refractivity contribution in [1.29, 1.82) is 0 Å². The maximum atomic E-state index is 12.6. The van der Waals surface area contributed by atoms with Gasteiger partial charge < -0.3 is 26.2 Å². The van der Waals surface area contributed by atoms with E-state index in [0.29, 0.717) is 0 Å². The van der Waals surface area contributed by atoms with E-state index in [9.17, 15) is 41.9 Å². The Balaban J connectivity index is 5.47. The Kier molecular flexibility index (Phi) is 11.7. The van der Waals surface area contributed by atoms with Gasteiger partial charge in [0.1, 0.15) is 18.1 Å². The number of carbonyl (C=O) groups is 6. The van der Waals surface area contributed by atoms with Crippen LogP contribution in [0.1, 0.15) is 41.0 Å². The summed E-state index contributed by atoms with van der Waals surface area (Å²) in [6, 6.07) is -5.76. The lowest BCUT2D eigenvalue weighted by atomic mass is 10.0. The van der Waals surface area contributed by atoms with Crippen LogP contribution in [0.2, 0.25) is 0 Å². The summed E-state index contributed by atoms with van der Waals surface area (Å²) in [7, 11) is 2.73. The molecule has 194 valence electrons. The smallest absolute Gasteiger partial charge is 0.349 e. The standard InChI is InChI=1S/C20H32F3N5O6/c1-9(2)15(26-12(5)29)19(34)25-11(4)17(32)27-13(8-14(30)28(6)7)18(33)24-10(3)16(31)20(21,22)23/h9-11,13,15H,8H2,1-7H3,(H,24,33)(H,25,34)(H,26,29)(H,27,32)/t10?,11-,13?,15?/m0/s1. The highest BCUT2D eigenvalue weighted by Gasteiger charge is 2.42. The van der Waals surface area contributed by atoms with E-state index in [1.165, 1.54) is 27.9 Å². The molecular weight excluding hydrogens is 463 g/mol. The van der Waals surface area contributed by atoms with Gasteiger partial charge in [0.15, 0.2) is 0 Å². The average molecular weight is 495 g/mol. The highest BCUT2D eigenvalue weighted by Crippen LogP contribution is 2.18. The fourth-order valence-electron chi connectivity index (χ4n) is 2.61. The van der Waals surface area contributed by atoms with Crippen LogP contribution in [0, 0.1) is 5.92 Å². The molecule has 0 aromatic rings. The van der Waals surface area contributed by atoms with Crippen LogP contribution in [0.3, 0.4) is 0 Å². The molecule has 0 fully saturated rings. The number of ketones is 1. The summed E-state index contributed by atoms with van der Waals surface area (Å²) in [5.74, 6) is -6.40. The zero-order chi connectivity index (χ0) is 27.0. The van der Waals surface area contributed by atoms with Crippen molar-refractivity contribution in [3.63, 3.8) is 0 Å². The average Bonchev–Trinajstić information content (AvgIpc) is 2.69. The van der Waals surface area contributed by atoms with E-state index in [1.807, 2.05) is 5.32 Å². The summed E-state index contributed by atoms with van der Waals surface area (Å²) < 4.78 is 37.8. The van der Waals surface area contributed by atoms with Crippen molar-refractivity contribution in [2.24, 2.45) is 5.92 Å². The number of amides is 5. The summed E-state index contributed by atoms with van der Waals surface area (Å²) in [5, 5.41) is 8.86. The molecule has 11 nitrogen and oxygen atoms in total. The van der Waals surface area contributed by atoms with Crippen molar-refractivity contribution in [1.82, 2.24) is 26.2 Å². The molecule has 0 aromatic carbocycles. The van der Waals surface area contributed by atoms with E-state index < -0.39 is 72.1 Å². The van der Waals surface area contributed by atoms with Crippen molar-refractivity contribution in [2.45, 2.75) is 71.4 Å². The monoisotopic (exact) mass is 495 g/mol. The first-order chi connectivity index (χ1) is 15.4. The van der Waals surface area contributed by atoms with Crippen LogP contribution in [0.4, 0.5) is 13.2 Å². The molecule has 0 radical (unpaired) electrons. The summed E-state index contributed by atoms with van der Waals surface area (Å²) in [6.45, 7) is 6.64. The van der Waals surface area contributed by atoms with Crippen molar-refractivity contribution in [3.8, 4) is 0 Å². The fraction of sp³-hybridized carbons (Fsp3) is 0.700. The molecule has 0 aliphatic carbocycles. The number of nitrogens with one attached hydrogen (secondary N) is 4. The summed E-state index contributed by atoms with van der Waals surface area (Å²) in [4.78, 5) is 73.3. The predicted octanol–water partition coefficient (Wildman–Crippen LogP) is -0.749. The van der Waals surface area contributed by atoms with E-state index in [4.69, 9.17) is 0 Å². The zero-order valence-electron chi connectivity index (χ0n) is 20.1. The van der Waals surface area contributed by atoms with Gasteiger partial charge in [-0.25, -0.2) is 0 Å². The third-order valence-corrected chi connectivity index (χ3v) is 4.60. The lowest BCUT2D eigenvalue weighted by molar-refractivity contribution is -0.173. The lowest BCUT2D eigenvalue weighted by Crippen LogP contribution is -2.58. The Hall–Kier alpha value is -3.19. The van der Waals surface area contributed by atoms with Crippen molar-refractivity contribution in [3.05, 3.63) is 0 Å². The number of nitrogens with zero attached hydrogens (tertiary/aromatic N) is 1. The van der Waals surface area contributed by atoms with Gasteiger partial charge in [-0.05, 0) is 19.8 Å². The van der Waals surface area contributed by atoms with Crippen LogP contribution in [-0.4, -0.2) is 84.7 Å². The molecular formula is C20H32F3N5O6. The van der Waals surface area contributed by atoms with Crippen LogP contribution in [0.25, 0.3) is 0 Å². The molecule has 0 heterocycles. The zero-order valence-corrected chi connectivity index (χ0v) is 20.1. The minimum Gasteiger partial charge on any atom is -0.349 e. The van der Waals surface area contributed by atoms with E-state index in [0.717, 1.165) is 11.8 Å². The van der Waals surface area contributed by atoms with Crippen molar-refractivity contribution < 1.29 is 41.9 Å². The molecule has 5 amide bonds. The van der Waals surface area contributed by atoms with E-state index in [2.05, 4.69) is 16.0 Å². The number of hydrogen-bond acceptors (Lipinski definition) is 6. The van der Waals surface area contributed by atoms with Gasteiger partial charge in [0.05, 0.1) is 12.5 Å². The largest absolute Gasteiger partial charge is 0.452 e. The van der Waals surface area contributed by atoms with E-state index in [-0.39, 0.29) is 5.92 Å². The molecule has 0 saturated heterocycles. The van der Waals surface area contributed by atoms with Gasteiger partial charge in [-0.1, -0.05) is 13.8 Å². The van der Waals surface area contributed by atoms with Crippen LogP contribution in [-0.2, 0) is 28.8 Å². The number of halogens is 3. The van der Waals surface area contributed by atoms with Crippen molar-refractivity contribution >= 4 is 35.3 Å². The summed E-state index contributed by atoms with van der Waals surface area (Å²) >= 11 is 0. The quantitative estimate of drug-likeness (QED) is 0.296. The lowest BCUT2D eigenvalue weighted by Gasteiger charge is -2.25. The van der Waals surface area contributed by atoms with Crippen LogP contribution < -0.4 is 21.3 Å². The molecule has 4 atom stereocenters. The van der Waals surface area contributed by atoms with Gasteiger partial charge in [0, 0.05) is 21.0 Å². The van der Waals surface area contributed by atoms with Crippen LogP contribution in [0.5, 0.6) is 0 Å². The van der Waals surface area contributed by atoms with Gasteiger partial charge in [-0.15, -0.1) is 0 Å². The van der Waals surface area contributed by atoms with E-state index in [1.54, 1.807) is 13.8 Å². The Morgan fingerprint density at radius 1 is 0.765 bits per heavy atom. The van der Waals surface area contributed by atoms with Gasteiger partial charge in [0.2, 0.25) is 29.5 Å². The first kappa shape index (κ1) is 30.8. The molecule has 0 aliphatic heterocycles. The fourth-order valence-corrected chi connectivity index (χ4v) is 2.61. The Bertz CT molecular complexity index is 800. The highest BCUT2D eigenvalue weighted by molar-refractivity contribution is 5.98. The molecule has 0 spiro atoms. The van der Waals surface area contributed by atoms with Crippen LogP contribution in [0.15, 0.2) is 0 Å². The summed E-state index contributed by atoms with van der Waals surface area (Å²) in [5.41, 5.74) is 0. The molecule has 0 rings (SSSR count). The molecule has 0 aliphatic rings. The second-order valence-corrected chi connectivity index (χ2v) is 8.30. The van der Waals surface area contributed by atoms with Gasteiger partial charge in [-0.2, -0.15) is 13.2 Å². The van der Waals surface area contributed by atoms with Crippen molar-refractivity contribution in [2.75, 3.05) is 14.1 Å². The Labute approximate surface area is 195 Å². The highest BCUT2D eigenvalue weighted by atomic mass is 19.4. The first-order valence-electron chi connectivity index (χ1n) is 10.4. The predicted molar refractivity (Wildman–Crippen MR) is 114 cm³/mol. The second kappa shape index (κ2) is 12.9.